The molecule has 0 aliphatic heterocycles. The summed E-state index contributed by atoms with van der Waals surface area (Å²) in [6.07, 6.45) is 2.68. The number of nitrogens with zero attached hydrogens (tertiary/aromatic N) is 2. The molecule has 2 aromatic rings. The molecule has 5 nitrogen and oxygen atoms in total. The van der Waals surface area contributed by atoms with E-state index in [0.29, 0.717) is 11.7 Å². The van der Waals surface area contributed by atoms with Crippen LogP contribution in [-0.2, 0) is 13.0 Å². The molecule has 0 unspecified atom stereocenters. The molecule has 0 fully saturated rings. The van der Waals surface area contributed by atoms with Crippen LogP contribution in [0.4, 0.5) is 0 Å². The van der Waals surface area contributed by atoms with Crippen LogP contribution in [0.3, 0.4) is 0 Å². The highest BCUT2D eigenvalue weighted by Gasteiger charge is 2.01. The quantitative estimate of drug-likeness (QED) is 0.717. The second-order valence-corrected chi connectivity index (χ2v) is 3.36. The summed E-state index contributed by atoms with van der Waals surface area (Å²) in [6.45, 7) is 3.49. The molecule has 0 amide bonds. The van der Waals surface area contributed by atoms with Gasteiger partial charge in [-0.25, -0.2) is 0 Å². The van der Waals surface area contributed by atoms with Crippen molar-refractivity contribution in [3.8, 4) is 0 Å². The van der Waals surface area contributed by atoms with Gasteiger partial charge in [0.2, 0.25) is 5.89 Å². The summed E-state index contributed by atoms with van der Waals surface area (Å²) in [7, 11) is 0. The zero-order chi connectivity index (χ0) is 10.5. The third-order valence-electron chi connectivity index (χ3n) is 2.06. The van der Waals surface area contributed by atoms with Gasteiger partial charge >= 0.3 is 0 Å². The smallest absolute Gasteiger partial charge is 0.227 e. The molecule has 2 N–H and O–H groups in total. The monoisotopic (exact) mass is 206 g/mol. The third kappa shape index (κ3) is 2.92. The summed E-state index contributed by atoms with van der Waals surface area (Å²) in [5, 5.41) is 7.01. The maximum Gasteiger partial charge on any atom is 0.227 e. The van der Waals surface area contributed by atoms with E-state index in [-0.39, 0.29) is 0 Å². The number of hydrogen-bond donors (Lipinski definition) is 2. The number of aryl methyl sites for hydroxylation is 1. The minimum atomic E-state index is 0.687. The molecule has 0 aromatic carbocycles. The van der Waals surface area contributed by atoms with Crippen molar-refractivity contribution in [1.82, 2.24) is 20.4 Å². The Morgan fingerprint density at radius 3 is 3.13 bits per heavy atom. The van der Waals surface area contributed by atoms with Gasteiger partial charge in [0.05, 0.1) is 0 Å². The molecule has 0 aliphatic carbocycles. The molecular formula is C10H14N4O. The Kier molecular flexibility index (Phi) is 3.14. The van der Waals surface area contributed by atoms with Gasteiger partial charge in [0.25, 0.3) is 0 Å². The van der Waals surface area contributed by atoms with E-state index in [2.05, 4.69) is 20.4 Å². The Bertz CT molecular complexity index is 393. The van der Waals surface area contributed by atoms with Crippen LogP contribution in [0.2, 0.25) is 0 Å². The maximum absolute atomic E-state index is 4.99. The van der Waals surface area contributed by atoms with Gasteiger partial charge in [0.1, 0.15) is 0 Å². The van der Waals surface area contributed by atoms with Crippen LogP contribution in [-0.4, -0.2) is 21.7 Å². The first kappa shape index (κ1) is 9.92. The van der Waals surface area contributed by atoms with E-state index in [4.69, 9.17) is 4.52 Å². The third-order valence-corrected chi connectivity index (χ3v) is 2.06. The second-order valence-electron chi connectivity index (χ2n) is 3.36. The van der Waals surface area contributed by atoms with Crippen LogP contribution >= 0.6 is 0 Å². The molecule has 0 spiro atoms. The highest BCUT2D eigenvalue weighted by molar-refractivity contribution is 5.02. The molecule has 5 heteroatoms. The first-order valence-electron chi connectivity index (χ1n) is 4.97. The Hall–Kier alpha value is -1.62. The molecule has 0 radical (unpaired) electrons. The van der Waals surface area contributed by atoms with Crippen LogP contribution in [0.25, 0.3) is 0 Å². The van der Waals surface area contributed by atoms with E-state index >= 15 is 0 Å². The van der Waals surface area contributed by atoms with Gasteiger partial charge in [-0.3, -0.25) is 0 Å². The Morgan fingerprint density at radius 2 is 2.47 bits per heavy atom. The summed E-state index contributed by atoms with van der Waals surface area (Å²) in [4.78, 5) is 7.25. The van der Waals surface area contributed by atoms with Crippen molar-refractivity contribution in [2.24, 2.45) is 0 Å². The van der Waals surface area contributed by atoms with Crippen molar-refractivity contribution in [2.45, 2.75) is 19.9 Å². The largest absolute Gasteiger partial charge is 0.364 e. The molecule has 0 aliphatic rings. The SMILES string of the molecule is Cc1noc(CCNCc2ccc[nH]2)n1. The molecule has 0 saturated carbocycles. The van der Waals surface area contributed by atoms with E-state index in [1.807, 2.05) is 25.3 Å². The predicted octanol–water partition coefficient (Wildman–Crippen LogP) is 1.04. The fourth-order valence-electron chi connectivity index (χ4n) is 1.34. The molecule has 2 heterocycles. The summed E-state index contributed by atoms with van der Waals surface area (Å²) in [6, 6.07) is 4.03. The summed E-state index contributed by atoms with van der Waals surface area (Å²) >= 11 is 0. The highest BCUT2D eigenvalue weighted by Crippen LogP contribution is 1.96. The standard InChI is InChI=1S/C10H14N4O/c1-8-13-10(15-14-8)4-6-11-7-9-3-2-5-12-9/h2-3,5,11-12H,4,6-7H2,1H3. The normalized spacial score (nSPS) is 10.7. The van der Waals surface area contributed by atoms with Gasteiger partial charge in [0, 0.05) is 31.4 Å². The topological polar surface area (TPSA) is 66.7 Å². The molecule has 0 atom stereocenters. The van der Waals surface area contributed by atoms with Crippen LogP contribution < -0.4 is 5.32 Å². The fourth-order valence-corrected chi connectivity index (χ4v) is 1.34. The Morgan fingerprint density at radius 1 is 1.53 bits per heavy atom. The number of aromatic nitrogens is 3. The van der Waals surface area contributed by atoms with Gasteiger partial charge in [-0.2, -0.15) is 4.98 Å². The van der Waals surface area contributed by atoms with Crippen LogP contribution in [0.5, 0.6) is 0 Å². The second kappa shape index (κ2) is 4.75. The van der Waals surface area contributed by atoms with Crippen molar-refractivity contribution in [2.75, 3.05) is 6.54 Å². The van der Waals surface area contributed by atoms with Crippen molar-refractivity contribution in [3.05, 3.63) is 35.7 Å². The average Bonchev–Trinajstić information content (AvgIpc) is 2.84. The molecule has 0 bridgehead atoms. The van der Waals surface area contributed by atoms with Gasteiger partial charge in [-0.05, 0) is 19.1 Å². The van der Waals surface area contributed by atoms with Gasteiger partial charge in [-0.15, -0.1) is 0 Å². The van der Waals surface area contributed by atoms with Gasteiger partial charge < -0.3 is 14.8 Å². The molecule has 0 saturated heterocycles. The van der Waals surface area contributed by atoms with Crippen LogP contribution in [0.15, 0.2) is 22.9 Å². The maximum atomic E-state index is 4.99. The van der Waals surface area contributed by atoms with E-state index in [9.17, 15) is 0 Å². The molecule has 2 rings (SSSR count). The van der Waals surface area contributed by atoms with Crippen molar-refractivity contribution in [3.63, 3.8) is 0 Å². The first-order valence-corrected chi connectivity index (χ1v) is 4.97. The lowest BCUT2D eigenvalue weighted by Gasteiger charge is -1.99. The van der Waals surface area contributed by atoms with Gasteiger partial charge in [-0.1, -0.05) is 5.16 Å². The minimum absolute atomic E-state index is 0.687. The number of nitrogens with one attached hydrogen (secondary N) is 2. The average molecular weight is 206 g/mol. The van der Waals surface area contributed by atoms with Crippen molar-refractivity contribution in [1.29, 1.82) is 0 Å². The predicted molar refractivity (Wildman–Crippen MR) is 55.2 cm³/mol. The van der Waals surface area contributed by atoms with E-state index in [1.165, 1.54) is 5.69 Å². The summed E-state index contributed by atoms with van der Waals surface area (Å²) in [5.74, 6) is 1.38. The molecule has 15 heavy (non-hydrogen) atoms. The highest BCUT2D eigenvalue weighted by atomic mass is 16.5. The fraction of sp³-hybridized carbons (Fsp3) is 0.400. The van der Waals surface area contributed by atoms with E-state index < -0.39 is 0 Å². The van der Waals surface area contributed by atoms with Crippen LogP contribution in [0.1, 0.15) is 17.4 Å². The summed E-state index contributed by atoms with van der Waals surface area (Å²) in [5.41, 5.74) is 1.18. The van der Waals surface area contributed by atoms with Crippen molar-refractivity contribution >= 4 is 0 Å². The van der Waals surface area contributed by atoms with Crippen molar-refractivity contribution < 1.29 is 4.52 Å². The number of aromatic amines is 1. The molecule has 2 aromatic heterocycles. The lowest BCUT2D eigenvalue weighted by molar-refractivity contribution is 0.372. The Balaban J connectivity index is 1.67. The van der Waals surface area contributed by atoms with E-state index in [0.717, 1.165) is 19.5 Å². The van der Waals surface area contributed by atoms with Crippen LogP contribution in [0, 0.1) is 6.92 Å². The Labute approximate surface area is 87.9 Å². The first-order chi connectivity index (χ1) is 7.34. The lowest BCUT2D eigenvalue weighted by Crippen LogP contribution is -2.16. The van der Waals surface area contributed by atoms with E-state index in [1.54, 1.807) is 0 Å². The zero-order valence-corrected chi connectivity index (χ0v) is 8.66. The lowest BCUT2D eigenvalue weighted by atomic mass is 10.4. The molecular weight excluding hydrogens is 192 g/mol. The summed E-state index contributed by atoms with van der Waals surface area (Å²) < 4.78 is 4.99. The minimum Gasteiger partial charge on any atom is -0.364 e. The molecule has 80 valence electrons. The number of hydrogen-bond acceptors (Lipinski definition) is 4. The zero-order valence-electron chi connectivity index (χ0n) is 8.66. The number of H-pyrrole nitrogens is 1. The number of rotatable bonds is 5. The van der Waals surface area contributed by atoms with Gasteiger partial charge in [0.15, 0.2) is 5.82 Å².